The minimum atomic E-state index is -0.909. The van der Waals surface area contributed by atoms with Crippen LogP contribution in [0.25, 0.3) is 0 Å². The molecule has 0 spiro atoms. The highest BCUT2D eigenvalue weighted by molar-refractivity contribution is 7.03. The zero-order valence-electron chi connectivity index (χ0n) is 18.0. The first-order valence-electron chi connectivity index (χ1n) is 9.98. The van der Waals surface area contributed by atoms with Crippen LogP contribution in [0, 0.1) is 0 Å². The van der Waals surface area contributed by atoms with E-state index in [0.717, 1.165) is 18.0 Å². The Morgan fingerprint density at radius 3 is 2.35 bits per heavy atom. The lowest BCUT2D eigenvalue weighted by atomic mass is 9.98. The van der Waals surface area contributed by atoms with E-state index in [1.54, 1.807) is 48.9 Å². The molecule has 8 heteroatoms. The predicted molar refractivity (Wildman–Crippen MR) is 121 cm³/mol. The average molecular weight is 439 g/mol. The molecule has 1 unspecified atom stereocenters. The summed E-state index contributed by atoms with van der Waals surface area (Å²) in [6.07, 6.45) is 0.739. The zero-order chi connectivity index (χ0) is 22.4. The number of hydrogen-bond donors (Lipinski definition) is 1. The van der Waals surface area contributed by atoms with Crippen LogP contribution in [0.2, 0.25) is 0 Å². The molecule has 0 fully saturated rings. The third-order valence-corrected chi connectivity index (χ3v) is 5.62. The molecular formula is C23H26N4O3S. The van der Waals surface area contributed by atoms with Gasteiger partial charge in [0.2, 0.25) is 5.91 Å². The fourth-order valence-electron chi connectivity index (χ4n) is 3.05. The lowest BCUT2D eigenvalue weighted by molar-refractivity contribution is -0.124. The Kier molecular flexibility index (Phi) is 7.02. The van der Waals surface area contributed by atoms with E-state index in [2.05, 4.69) is 14.9 Å². The van der Waals surface area contributed by atoms with Crippen molar-refractivity contribution in [3.8, 4) is 5.75 Å². The molecule has 1 aromatic heterocycles. The Balaban J connectivity index is 2.14. The molecule has 31 heavy (non-hydrogen) atoms. The van der Waals surface area contributed by atoms with Gasteiger partial charge in [0.25, 0.3) is 5.91 Å². The Morgan fingerprint density at radius 1 is 1.13 bits per heavy atom. The van der Waals surface area contributed by atoms with Gasteiger partial charge in [-0.05, 0) is 61.6 Å². The normalized spacial score (nSPS) is 12.1. The molecule has 0 saturated carbocycles. The Morgan fingerprint density at radius 2 is 1.81 bits per heavy atom. The molecule has 7 nitrogen and oxygen atoms in total. The fourth-order valence-corrected chi connectivity index (χ4v) is 3.48. The minimum Gasteiger partial charge on any atom is -0.497 e. The molecule has 1 atom stereocenters. The van der Waals surface area contributed by atoms with Gasteiger partial charge in [-0.15, -0.1) is 5.10 Å². The van der Waals surface area contributed by atoms with Gasteiger partial charge in [-0.2, -0.15) is 0 Å². The third-order valence-electron chi connectivity index (χ3n) is 5.12. The molecule has 1 heterocycles. The van der Waals surface area contributed by atoms with Crippen LogP contribution in [-0.4, -0.2) is 34.1 Å². The van der Waals surface area contributed by atoms with Gasteiger partial charge in [-0.1, -0.05) is 41.7 Å². The van der Waals surface area contributed by atoms with Crippen LogP contribution < -0.4 is 15.0 Å². The number of hydrogen-bond acceptors (Lipinski definition) is 6. The number of carbonyl (C=O) groups excluding carboxylic acids is 2. The molecule has 0 aliphatic rings. The number of methoxy groups -OCH3 is 1. The second-order valence-corrected chi connectivity index (χ2v) is 8.31. The molecule has 0 saturated heterocycles. The van der Waals surface area contributed by atoms with Crippen molar-refractivity contribution in [3.05, 3.63) is 71.2 Å². The van der Waals surface area contributed by atoms with E-state index in [1.165, 1.54) is 4.90 Å². The fraction of sp³-hybridized carbons (Fsp3) is 0.304. The smallest absolute Gasteiger partial charge is 0.280 e. The van der Waals surface area contributed by atoms with Crippen LogP contribution in [0.3, 0.4) is 0 Å². The monoisotopic (exact) mass is 438 g/mol. The highest BCUT2D eigenvalue weighted by Crippen LogP contribution is 2.31. The van der Waals surface area contributed by atoms with Gasteiger partial charge in [-0.25, -0.2) is 0 Å². The van der Waals surface area contributed by atoms with Crippen molar-refractivity contribution >= 4 is 29.0 Å². The van der Waals surface area contributed by atoms with Crippen LogP contribution in [0.1, 0.15) is 49.3 Å². The molecule has 2 amide bonds. The maximum Gasteiger partial charge on any atom is 0.280 e. The first kappa shape index (κ1) is 22.4. The van der Waals surface area contributed by atoms with Crippen molar-refractivity contribution in [2.45, 2.75) is 38.8 Å². The van der Waals surface area contributed by atoms with Gasteiger partial charge < -0.3 is 10.1 Å². The molecule has 162 valence electrons. The van der Waals surface area contributed by atoms with Crippen molar-refractivity contribution in [3.63, 3.8) is 0 Å². The maximum atomic E-state index is 13.6. The van der Waals surface area contributed by atoms with Crippen LogP contribution in [-0.2, 0) is 4.79 Å². The van der Waals surface area contributed by atoms with Gasteiger partial charge in [0, 0.05) is 16.6 Å². The first-order chi connectivity index (χ1) is 14.9. The summed E-state index contributed by atoms with van der Waals surface area (Å²) in [5.41, 5.74) is 1.00. The lowest BCUT2D eigenvalue weighted by Crippen LogP contribution is -2.50. The molecule has 0 bridgehead atoms. The Bertz CT molecular complexity index is 1010. The summed E-state index contributed by atoms with van der Waals surface area (Å²) in [5.74, 6) is -0.0132. The SMILES string of the molecule is CCC(C)(C)NC(=O)C(c1ccc(OC)cc1)N(C(=O)c1csnn1)c1ccccc1. The van der Waals surface area contributed by atoms with Crippen LogP contribution >= 0.6 is 11.5 Å². The zero-order valence-corrected chi connectivity index (χ0v) is 18.8. The van der Waals surface area contributed by atoms with Crippen molar-refractivity contribution in [1.82, 2.24) is 14.9 Å². The first-order valence-corrected chi connectivity index (χ1v) is 10.8. The van der Waals surface area contributed by atoms with Crippen molar-refractivity contribution in [2.24, 2.45) is 0 Å². The summed E-state index contributed by atoms with van der Waals surface area (Å²) in [6.45, 7) is 5.91. The van der Waals surface area contributed by atoms with Crippen molar-refractivity contribution < 1.29 is 14.3 Å². The number of nitrogens with one attached hydrogen (secondary N) is 1. The number of para-hydroxylation sites is 1. The maximum absolute atomic E-state index is 13.6. The number of anilines is 1. The van der Waals surface area contributed by atoms with Gasteiger partial charge in [0.15, 0.2) is 5.69 Å². The standard InChI is InChI=1S/C23H26N4O3S/c1-5-23(2,3)24-21(28)20(16-11-13-18(30-4)14-12-16)27(17-9-7-6-8-10-17)22(29)19-15-31-26-25-19/h6-15,20H,5H2,1-4H3,(H,24,28). The largest absolute Gasteiger partial charge is 0.497 e. The highest BCUT2D eigenvalue weighted by Gasteiger charge is 2.36. The number of ether oxygens (including phenoxy) is 1. The van der Waals surface area contributed by atoms with Gasteiger partial charge in [0.1, 0.15) is 11.8 Å². The molecule has 3 aromatic rings. The summed E-state index contributed by atoms with van der Waals surface area (Å²) in [6, 6.07) is 15.3. The number of carbonyl (C=O) groups is 2. The Labute approximate surface area is 186 Å². The highest BCUT2D eigenvalue weighted by atomic mass is 32.1. The summed E-state index contributed by atoms with van der Waals surface area (Å²) in [4.78, 5) is 28.6. The average Bonchev–Trinajstić information content (AvgIpc) is 3.32. The van der Waals surface area contributed by atoms with E-state index >= 15 is 0 Å². The quantitative estimate of drug-likeness (QED) is 0.569. The van der Waals surface area contributed by atoms with Crippen LogP contribution in [0.15, 0.2) is 60.0 Å². The van der Waals surface area contributed by atoms with E-state index in [1.807, 2.05) is 39.0 Å². The molecule has 0 aliphatic carbocycles. The van der Waals surface area contributed by atoms with E-state index in [-0.39, 0.29) is 11.6 Å². The molecule has 3 rings (SSSR count). The topological polar surface area (TPSA) is 84.4 Å². The van der Waals surface area contributed by atoms with Crippen LogP contribution in [0.5, 0.6) is 5.75 Å². The van der Waals surface area contributed by atoms with Gasteiger partial charge >= 0.3 is 0 Å². The summed E-state index contributed by atoms with van der Waals surface area (Å²) < 4.78 is 9.08. The number of aromatic nitrogens is 2. The van der Waals surface area contributed by atoms with Gasteiger partial charge in [-0.3, -0.25) is 14.5 Å². The molecule has 1 N–H and O–H groups in total. The molecule has 0 radical (unpaired) electrons. The summed E-state index contributed by atoms with van der Waals surface area (Å²) in [5, 5.41) is 8.61. The summed E-state index contributed by atoms with van der Waals surface area (Å²) >= 11 is 1.09. The number of benzene rings is 2. The van der Waals surface area contributed by atoms with E-state index < -0.39 is 17.5 Å². The Hall–Kier alpha value is -3.26. The predicted octanol–water partition coefficient (Wildman–Crippen LogP) is 4.24. The molecule has 0 aliphatic heterocycles. The van der Waals surface area contributed by atoms with E-state index in [4.69, 9.17) is 4.74 Å². The minimum absolute atomic E-state index is 0.190. The molecule has 2 aromatic carbocycles. The lowest BCUT2D eigenvalue weighted by Gasteiger charge is -2.34. The number of nitrogens with zero attached hydrogens (tertiary/aromatic N) is 3. The number of rotatable bonds is 8. The molecular weight excluding hydrogens is 412 g/mol. The van der Waals surface area contributed by atoms with Gasteiger partial charge in [0.05, 0.1) is 7.11 Å². The number of amides is 2. The van der Waals surface area contributed by atoms with Crippen LogP contribution in [0.4, 0.5) is 5.69 Å². The second-order valence-electron chi connectivity index (χ2n) is 7.70. The third kappa shape index (κ3) is 5.27. The van der Waals surface area contributed by atoms with Crippen molar-refractivity contribution in [1.29, 1.82) is 0 Å². The summed E-state index contributed by atoms with van der Waals surface area (Å²) in [7, 11) is 1.58. The van der Waals surface area contributed by atoms with Crippen molar-refractivity contribution in [2.75, 3.05) is 12.0 Å². The second kappa shape index (κ2) is 9.70. The van der Waals surface area contributed by atoms with E-state index in [9.17, 15) is 9.59 Å². The van der Waals surface area contributed by atoms with E-state index in [0.29, 0.717) is 17.0 Å².